The number of nitrogens with one attached hydrogen (secondary N) is 1. The molecule has 1 aliphatic heterocycles. The Balaban J connectivity index is 0.00000192. The molecule has 0 bridgehead atoms. The number of para-hydroxylation sites is 2. The first-order chi connectivity index (χ1) is 10.8. The highest BCUT2D eigenvalue weighted by Gasteiger charge is 2.19. The zero-order valence-corrected chi connectivity index (χ0v) is 14.6. The van der Waals surface area contributed by atoms with Gasteiger partial charge in [0.1, 0.15) is 0 Å². The fourth-order valence-electron chi connectivity index (χ4n) is 3.01. The van der Waals surface area contributed by atoms with Crippen molar-refractivity contribution in [1.29, 1.82) is 0 Å². The van der Waals surface area contributed by atoms with E-state index in [1.807, 2.05) is 31.2 Å². The molecule has 6 heteroatoms. The highest BCUT2D eigenvalue weighted by molar-refractivity contribution is 5.85. The van der Waals surface area contributed by atoms with E-state index in [0.717, 1.165) is 36.5 Å². The minimum absolute atomic E-state index is 0. The van der Waals surface area contributed by atoms with Crippen LogP contribution in [0.5, 0.6) is 5.88 Å². The van der Waals surface area contributed by atoms with Crippen molar-refractivity contribution in [3.8, 4) is 5.88 Å². The SMILES string of the molecule is CCOc1nc2ccccc2nc1N(C)CC1CCCNC1.Cl. The second-order valence-corrected chi connectivity index (χ2v) is 5.87. The molecule has 3 rings (SSSR count). The van der Waals surface area contributed by atoms with E-state index in [1.54, 1.807) is 0 Å². The third-order valence-electron chi connectivity index (χ3n) is 4.09. The standard InChI is InChI=1S/C17H24N4O.ClH/c1-3-22-17-16(19-14-8-4-5-9-15(14)20-17)21(2)12-13-7-6-10-18-11-13;/h4-5,8-9,13,18H,3,6-7,10-12H2,1-2H3;1H. The Kier molecular flexibility index (Phi) is 6.42. The first-order valence-corrected chi connectivity index (χ1v) is 8.09. The Morgan fingerprint density at radius 1 is 1.26 bits per heavy atom. The molecule has 23 heavy (non-hydrogen) atoms. The fourth-order valence-corrected chi connectivity index (χ4v) is 3.01. The van der Waals surface area contributed by atoms with Crippen LogP contribution < -0.4 is 15.0 Å². The quantitative estimate of drug-likeness (QED) is 0.909. The van der Waals surface area contributed by atoms with Gasteiger partial charge in [-0.25, -0.2) is 9.97 Å². The lowest BCUT2D eigenvalue weighted by atomic mass is 9.99. The van der Waals surface area contributed by atoms with Crippen LogP contribution in [0.2, 0.25) is 0 Å². The van der Waals surface area contributed by atoms with Crippen LogP contribution in [0.4, 0.5) is 5.82 Å². The van der Waals surface area contributed by atoms with Gasteiger partial charge in [-0.15, -0.1) is 12.4 Å². The zero-order valence-electron chi connectivity index (χ0n) is 13.8. The molecule has 2 aromatic rings. The summed E-state index contributed by atoms with van der Waals surface area (Å²) in [4.78, 5) is 11.6. The van der Waals surface area contributed by atoms with Crippen LogP contribution in [0, 0.1) is 5.92 Å². The van der Waals surface area contributed by atoms with Gasteiger partial charge in [0.15, 0.2) is 5.82 Å². The minimum atomic E-state index is 0. The molecule has 1 aromatic heterocycles. The van der Waals surface area contributed by atoms with Gasteiger partial charge in [-0.2, -0.15) is 0 Å². The van der Waals surface area contributed by atoms with Gasteiger partial charge >= 0.3 is 0 Å². The number of piperidine rings is 1. The molecule has 1 atom stereocenters. The molecular formula is C17H25ClN4O. The lowest BCUT2D eigenvalue weighted by Crippen LogP contribution is -2.37. The average molecular weight is 337 g/mol. The molecule has 5 nitrogen and oxygen atoms in total. The summed E-state index contributed by atoms with van der Waals surface area (Å²) in [5.74, 6) is 2.13. The van der Waals surface area contributed by atoms with Crippen LogP contribution in [0.1, 0.15) is 19.8 Å². The molecular weight excluding hydrogens is 312 g/mol. The Hall–Kier alpha value is -1.59. The van der Waals surface area contributed by atoms with Crippen molar-refractivity contribution in [3.63, 3.8) is 0 Å². The van der Waals surface area contributed by atoms with E-state index >= 15 is 0 Å². The Morgan fingerprint density at radius 2 is 2.00 bits per heavy atom. The summed E-state index contributed by atoms with van der Waals surface area (Å²) in [6, 6.07) is 7.94. The van der Waals surface area contributed by atoms with E-state index in [-0.39, 0.29) is 12.4 Å². The van der Waals surface area contributed by atoms with Crippen molar-refractivity contribution in [2.24, 2.45) is 5.92 Å². The first kappa shape index (κ1) is 17.8. The maximum absolute atomic E-state index is 5.72. The third-order valence-corrected chi connectivity index (χ3v) is 4.09. The van der Waals surface area contributed by atoms with Crippen molar-refractivity contribution in [2.75, 3.05) is 38.2 Å². The molecule has 0 radical (unpaired) electrons. The molecule has 2 heterocycles. The number of aromatic nitrogens is 2. The molecule has 1 saturated heterocycles. The van der Waals surface area contributed by atoms with Crippen LogP contribution >= 0.6 is 12.4 Å². The number of halogens is 1. The number of hydrogen-bond donors (Lipinski definition) is 1. The highest BCUT2D eigenvalue weighted by atomic mass is 35.5. The van der Waals surface area contributed by atoms with Crippen LogP contribution in [0.25, 0.3) is 11.0 Å². The first-order valence-electron chi connectivity index (χ1n) is 8.09. The van der Waals surface area contributed by atoms with Gasteiger partial charge in [0.2, 0.25) is 0 Å². The summed E-state index contributed by atoms with van der Waals surface area (Å²) in [6.07, 6.45) is 2.52. The normalized spacial score (nSPS) is 17.6. The number of fused-ring (bicyclic) bond motifs is 1. The van der Waals surface area contributed by atoms with Crippen LogP contribution in [-0.4, -0.2) is 43.3 Å². The molecule has 1 aromatic carbocycles. The highest BCUT2D eigenvalue weighted by Crippen LogP contribution is 2.27. The van der Waals surface area contributed by atoms with Crippen molar-refractivity contribution >= 4 is 29.3 Å². The largest absolute Gasteiger partial charge is 0.475 e. The fraction of sp³-hybridized carbons (Fsp3) is 0.529. The van der Waals surface area contributed by atoms with E-state index < -0.39 is 0 Å². The van der Waals surface area contributed by atoms with Gasteiger partial charge in [-0.3, -0.25) is 0 Å². The van der Waals surface area contributed by atoms with E-state index in [1.165, 1.54) is 12.8 Å². The summed E-state index contributed by atoms with van der Waals surface area (Å²) in [5.41, 5.74) is 1.79. The molecule has 1 unspecified atom stereocenters. The van der Waals surface area contributed by atoms with Crippen LogP contribution in [0.3, 0.4) is 0 Å². The Morgan fingerprint density at radius 3 is 2.65 bits per heavy atom. The smallest absolute Gasteiger partial charge is 0.258 e. The molecule has 0 saturated carbocycles. The van der Waals surface area contributed by atoms with Crippen molar-refractivity contribution in [2.45, 2.75) is 19.8 Å². The van der Waals surface area contributed by atoms with Crippen LogP contribution in [0.15, 0.2) is 24.3 Å². The van der Waals surface area contributed by atoms with Gasteiger partial charge in [0.05, 0.1) is 17.6 Å². The second-order valence-electron chi connectivity index (χ2n) is 5.87. The molecule has 0 spiro atoms. The van der Waals surface area contributed by atoms with Gasteiger partial charge in [-0.1, -0.05) is 12.1 Å². The maximum atomic E-state index is 5.72. The zero-order chi connectivity index (χ0) is 15.4. The summed E-state index contributed by atoms with van der Waals surface area (Å²) in [6.45, 7) is 5.76. The number of ether oxygens (including phenoxy) is 1. The maximum Gasteiger partial charge on any atom is 0.258 e. The monoisotopic (exact) mass is 336 g/mol. The minimum Gasteiger partial charge on any atom is -0.475 e. The molecule has 1 fully saturated rings. The Labute approximate surface area is 143 Å². The number of benzene rings is 1. The molecule has 0 amide bonds. The third kappa shape index (κ3) is 4.24. The van der Waals surface area contributed by atoms with Gasteiger partial charge in [-0.05, 0) is 50.9 Å². The summed E-state index contributed by atoms with van der Waals surface area (Å²) < 4.78 is 5.72. The van der Waals surface area contributed by atoms with Crippen molar-refractivity contribution in [1.82, 2.24) is 15.3 Å². The summed E-state index contributed by atoms with van der Waals surface area (Å²) >= 11 is 0. The topological polar surface area (TPSA) is 50.3 Å². The van der Waals surface area contributed by atoms with Crippen molar-refractivity contribution in [3.05, 3.63) is 24.3 Å². The lowest BCUT2D eigenvalue weighted by Gasteiger charge is -2.28. The van der Waals surface area contributed by atoms with E-state index in [9.17, 15) is 0 Å². The number of hydrogen-bond acceptors (Lipinski definition) is 5. The van der Waals surface area contributed by atoms with E-state index in [4.69, 9.17) is 9.72 Å². The molecule has 1 N–H and O–H groups in total. The van der Waals surface area contributed by atoms with E-state index in [0.29, 0.717) is 18.4 Å². The van der Waals surface area contributed by atoms with Gasteiger partial charge < -0.3 is 15.0 Å². The number of anilines is 1. The van der Waals surface area contributed by atoms with Gasteiger partial charge in [0, 0.05) is 13.6 Å². The molecule has 1 aliphatic rings. The van der Waals surface area contributed by atoms with Crippen LogP contribution in [-0.2, 0) is 0 Å². The predicted octanol–water partition coefficient (Wildman–Crippen LogP) is 2.89. The summed E-state index contributed by atoms with van der Waals surface area (Å²) in [5, 5.41) is 3.47. The van der Waals surface area contributed by atoms with E-state index in [2.05, 4.69) is 22.2 Å². The number of rotatable bonds is 5. The second kappa shape index (κ2) is 8.31. The number of nitrogens with zero attached hydrogens (tertiary/aromatic N) is 3. The lowest BCUT2D eigenvalue weighted by molar-refractivity contribution is 0.325. The van der Waals surface area contributed by atoms with Crippen molar-refractivity contribution < 1.29 is 4.74 Å². The average Bonchev–Trinajstić information content (AvgIpc) is 2.55. The summed E-state index contributed by atoms with van der Waals surface area (Å²) in [7, 11) is 2.08. The predicted molar refractivity (Wildman–Crippen MR) is 96.8 cm³/mol. The Bertz CT molecular complexity index is 631. The van der Waals surface area contributed by atoms with Gasteiger partial charge in [0.25, 0.3) is 5.88 Å². The molecule has 126 valence electrons. The molecule has 0 aliphatic carbocycles.